The van der Waals surface area contributed by atoms with Gasteiger partial charge in [0.2, 0.25) is 11.8 Å². The third-order valence-electron chi connectivity index (χ3n) is 6.00. The van der Waals surface area contributed by atoms with Crippen LogP contribution in [-0.4, -0.2) is 54.2 Å². The van der Waals surface area contributed by atoms with Gasteiger partial charge in [-0.15, -0.1) is 0 Å². The summed E-state index contributed by atoms with van der Waals surface area (Å²) in [7, 11) is 1.56. The predicted octanol–water partition coefficient (Wildman–Crippen LogP) is 3.90. The van der Waals surface area contributed by atoms with Crippen molar-refractivity contribution in [2.45, 2.75) is 38.2 Å². The van der Waals surface area contributed by atoms with E-state index in [0.29, 0.717) is 34.6 Å². The second-order valence-corrected chi connectivity index (χ2v) is 8.34. The third kappa shape index (κ3) is 4.80. The molecule has 0 amide bonds. The lowest BCUT2D eigenvalue weighted by Crippen LogP contribution is -2.25. The van der Waals surface area contributed by atoms with Gasteiger partial charge in [-0.1, -0.05) is 0 Å². The highest BCUT2D eigenvalue weighted by atomic mass is 16.5. The van der Waals surface area contributed by atoms with Crippen LogP contribution in [0.2, 0.25) is 0 Å². The summed E-state index contributed by atoms with van der Waals surface area (Å²) < 4.78 is 11.1. The minimum absolute atomic E-state index is 0.0701. The van der Waals surface area contributed by atoms with Gasteiger partial charge in [-0.3, -0.25) is 9.78 Å². The summed E-state index contributed by atoms with van der Waals surface area (Å²) in [6, 6.07) is 7.35. The highest BCUT2D eigenvalue weighted by molar-refractivity contribution is 5.75. The van der Waals surface area contributed by atoms with Crippen LogP contribution in [-0.2, 0) is 4.79 Å². The molecule has 4 aromatic rings. The molecule has 34 heavy (non-hydrogen) atoms. The number of hydrogen-bond donors (Lipinski definition) is 2. The maximum Gasteiger partial charge on any atom is 0.303 e. The van der Waals surface area contributed by atoms with E-state index in [-0.39, 0.29) is 18.4 Å². The predicted molar refractivity (Wildman–Crippen MR) is 123 cm³/mol. The number of aromatic nitrogens is 6. The van der Waals surface area contributed by atoms with Gasteiger partial charge < -0.3 is 19.6 Å². The monoisotopic (exact) mass is 460 g/mol. The number of methoxy groups -OCH3 is 1. The molecule has 0 radical (unpaired) electrons. The number of aliphatic carboxylic acids is 1. The quantitative estimate of drug-likeness (QED) is 0.421. The Morgan fingerprint density at radius 1 is 0.971 bits per heavy atom. The maximum absolute atomic E-state index is 10.9. The number of fused-ring (bicyclic) bond motifs is 1. The fraction of sp³-hybridized carbons (Fsp3) is 0.333. The van der Waals surface area contributed by atoms with Crippen molar-refractivity contribution in [1.82, 2.24) is 29.9 Å². The summed E-state index contributed by atoms with van der Waals surface area (Å²) in [5.41, 5.74) is 3.46. The molecule has 0 saturated heterocycles. The summed E-state index contributed by atoms with van der Waals surface area (Å²) >= 11 is 0. The standard InChI is InChI=1S/C24H24N6O4/c1-33-21-9-7-17-23(29-21)30-24(28-17)19-13-25-18(12-26-19)15-4-8-20(27-11-15)34-16-5-2-14(3-6-16)10-22(31)32/h4,7-9,11-14,16H,2-3,5-6,10H2,1H3,(H,31,32)(H,28,29,30). The van der Waals surface area contributed by atoms with Crippen molar-refractivity contribution in [3.63, 3.8) is 0 Å². The average Bonchev–Trinajstić information content (AvgIpc) is 3.29. The summed E-state index contributed by atoms with van der Waals surface area (Å²) in [6.45, 7) is 0. The first-order chi connectivity index (χ1) is 16.6. The van der Waals surface area contributed by atoms with Crippen LogP contribution in [0, 0.1) is 5.92 Å². The number of H-pyrrole nitrogens is 1. The number of imidazole rings is 1. The van der Waals surface area contributed by atoms with Crippen molar-refractivity contribution in [2.75, 3.05) is 7.11 Å². The first kappa shape index (κ1) is 21.7. The van der Waals surface area contributed by atoms with E-state index in [0.717, 1.165) is 36.8 Å². The lowest BCUT2D eigenvalue weighted by atomic mass is 9.85. The lowest BCUT2D eigenvalue weighted by molar-refractivity contribution is -0.138. The number of nitrogens with zero attached hydrogens (tertiary/aromatic N) is 5. The Labute approximate surface area is 195 Å². The molecule has 0 aromatic carbocycles. The maximum atomic E-state index is 10.9. The van der Waals surface area contributed by atoms with Crippen molar-refractivity contribution in [1.29, 1.82) is 0 Å². The Bertz CT molecular complexity index is 1280. The molecule has 0 atom stereocenters. The van der Waals surface area contributed by atoms with Crippen LogP contribution in [0.15, 0.2) is 42.9 Å². The molecule has 0 spiro atoms. The Balaban J connectivity index is 1.22. The molecular formula is C24H24N6O4. The van der Waals surface area contributed by atoms with E-state index in [1.54, 1.807) is 31.8 Å². The normalized spacial score (nSPS) is 18.0. The zero-order valence-corrected chi connectivity index (χ0v) is 18.6. The second kappa shape index (κ2) is 9.42. The molecule has 0 unspecified atom stereocenters. The van der Waals surface area contributed by atoms with Crippen LogP contribution in [0.4, 0.5) is 0 Å². The molecule has 1 aliphatic carbocycles. The Morgan fingerprint density at radius 2 is 1.74 bits per heavy atom. The molecule has 5 rings (SSSR count). The number of carbonyl (C=O) groups is 1. The van der Waals surface area contributed by atoms with Gasteiger partial charge in [0, 0.05) is 30.3 Å². The molecule has 0 bridgehead atoms. The number of rotatable bonds is 7. The third-order valence-corrected chi connectivity index (χ3v) is 6.00. The van der Waals surface area contributed by atoms with Crippen LogP contribution >= 0.6 is 0 Å². The summed E-state index contributed by atoms with van der Waals surface area (Å²) in [5.74, 6) is 1.15. The number of ether oxygens (including phenoxy) is 2. The van der Waals surface area contributed by atoms with Gasteiger partial charge in [-0.25, -0.2) is 15.0 Å². The van der Waals surface area contributed by atoms with Crippen LogP contribution in [0.25, 0.3) is 33.9 Å². The summed E-state index contributed by atoms with van der Waals surface area (Å²) in [6.07, 6.45) is 8.78. The van der Waals surface area contributed by atoms with Gasteiger partial charge in [0.15, 0.2) is 11.5 Å². The minimum Gasteiger partial charge on any atom is -0.481 e. The molecule has 0 aliphatic heterocycles. The number of nitrogens with one attached hydrogen (secondary N) is 1. The van der Waals surface area contributed by atoms with Crippen LogP contribution in [0.5, 0.6) is 11.8 Å². The van der Waals surface area contributed by atoms with E-state index < -0.39 is 5.97 Å². The highest BCUT2D eigenvalue weighted by Gasteiger charge is 2.24. The van der Waals surface area contributed by atoms with Crippen LogP contribution in [0.3, 0.4) is 0 Å². The SMILES string of the molecule is COc1ccc2[nH]c(-c3cnc(-c4ccc(OC5CCC(CC(=O)O)CC5)nc4)cn3)nc2n1. The van der Waals surface area contributed by atoms with Crippen molar-refractivity contribution >= 4 is 17.1 Å². The fourth-order valence-corrected chi connectivity index (χ4v) is 4.18. The summed E-state index contributed by atoms with van der Waals surface area (Å²) in [4.78, 5) is 36.3. The number of pyridine rings is 2. The molecule has 1 fully saturated rings. The minimum atomic E-state index is -0.729. The first-order valence-electron chi connectivity index (χ1n) is 11.2. The largest absolute Gasteiger partial charge is 0.481 e. The van der Waals surface area contributed by atoms with Crippen molar-refractivity contribution in [2.24, 2.45) is 5.92 Å². The van der Waals surface area contributed by atoms with E-state index in [1.807, 2.05) is 18.2 Å². The van der Waals surface area contributed by atoms with Gasteiger partial charge >= 0.3 is 5.97 Å². The highest BCUT2D eigenvalue weighted by Crippen LogP contribution is 2.29. The smallest absolute Gasteiger partial charge is 0.303 e. The van der Waals surface area contributed by atoms with E-state index in [9.17, 15) is 4.79 Å². The van der Waals surface area contributed by atoms with Crippen LogP contribution in [0.1, 0.15) is 32.1 Å². The molecule has 174 valence electrons. The van der Waals surface area contributed by atoms with Gasteiger partial charge in [0.1, 0.15) is 11.8 Å². The molecule has 10 nitrogen and oxygen atoms in total. The molecule has 4 heterocycles. The van der Waals surface area contributed by atoms with Crippen LogP contribution < -0.4 is 9.47 Å². The lowest BCUT2D eigenvalue weighted by Gasteiger charge is -2.27. The van der Waals surface area contributed by atoms with Gasteiger partial charge in [0.05, 0.1) is 30.7 Å². The van der Waals surface area contributed by atoms with Gasteiger partial charge in [-0.05, 0) is 43.7 Å². The molecule has 10 heteroatoms. The van der Waals surface area contributed by atoms with Crippen molar-refractivity contribution < 1.29 is 19.4 Å². The first-order valence-corrected chi connectivity index (χ1v) is 11.2. The fourth-order valence-electron chi connectivity index (χ4n) is 4.18. The number of hydrogen-bond acceptors (Lipinski definition) is 8. The Hall–Kier alpha value is -4.08. The van der Waals surface area contributed by atoms with Crippen molar-refractivity contribution in [3.05, 3.63) is 42.9 Å². The molecule has 2 N–H and O–H groups in total. The van der Waals surface area contributed by atoms with E-state index in [2.05, 4.69) is 29.9 Å². The second-order valence-electron chi connectivity index (χ2n) is 8.34. The molecule has 1 aliphatic rings. The summed E-state index contributed by atoms with van der Waals surface area (Å²) in [5, 5.41) is 8.95. The van der Waals surface area contributed by atoms with Gasteiger partial charge in [-0.2, -0.15) is 4.98 Å². The van der Waals surface area contributed by atoms with E-state index in [1.165, 1.54) is 0 Å². The number of carboxylic acids is 1. The van der Waals surface area contributed by atoms with E-state index in [4.69, 9.17) is 14.6 Å². The number of carboxylic acid groups (broad SMARTS) is 1. The molecule has 1 saturated carbocycles. The molecule has 4 aromatic heterocycles. The Kier molecular flexibility index (Phi) is 6.03. The van der Waals surface area contributed by atoms with E-state index >= 15 is 0 Å². The number of aromatic amines is 1. The zero-order valence-electron chi connectivity index (χ0n) is 18.6. The Morgan fingerprint density at radius 3 is 2.41 bits per heavy atom. The molecular weight excluding hydrogens is 436 g/mol. The topological polar surface area (TPSA) is 136 Å². The van der Waals surface area contributed by atoms with Crippen molar-refractivity contribution in [3.8, 4) is 34.5 Å². The average molecular weight is 460 g/mol. The van der Waals surface area contributed by atoms with Gasteiger partial charge in [0.25, 0.3) is 0 Å². The zero-order chi connectivity index (χ0) is 23.5.